The molecule has 0 saturated carbocycles. The van der Waals surface area contributed by atoms with Crippen molar-refractivity contribution in [2.24, 2.45) is 0 Å². The summed E-state index contributed by atoms with van der Waals surface area (Å²) in [6.07, 6.45) is -3.35. The summed E-state index contributed by atoms with van der Waals surface area (Å²) in [7, 11) is 0. The summed E-state index contributed by atoms with van der Waals surface area (Å²) >= 11 is 0. The van der Waals surface area contributed by atoms with Crippen LogP contribution in [0.1, 0.15) is 103 Å². The Morgan fingerprint density at radius 1 is 0.356 bits per heavy atom. The van der Waals surface area contributed by atoms with Crippen molar-refractivity contribution in [1.82, 2.24) is 49.0 Å². The van der Waals surface area contributed by atoms with Crippen molar-refractivity contribution < 1.29 is 35.4 Å². The average Bonchev–Trinajstić information content (AvgIpc) is 1.53. The van der Waals surface area contributed by atoms with Gasteiger partial charge in [0.2, 0.25) is 0 Å². The smallest absolute Gasteiger partial charge is 0.143 e. The Hall–Kier alpha value is -5.68. The molecule has 0 amide bonds. The first-order chi connectivity index (χ1) is 43.6. The molecule has 90 heavy (non-hydrogen) atoms. The van der Waals surface area contributed by atoms with E-state index in [4.69, 9.17) is 4.74 Å². The largest absolute Gasteiger partial charge is 0.507 e. The van der Waals surface area contributed by atoms with Gasteiger partial charge in [-0.05, 0) is 62.4 Å². The zero-order valence-corrected chi connectivity index (χ0v) is 53.6. The minimum atomic E-state index is -0.997. The summed E-state index contributed by atoms with van der Waals surface area (Å²) in [5.74, 6) is 0.942. The van der Waals surface area contributed by atoms with Crippen LogP contribution in [0.15, 0.2) is 152 Å². The van der Waals surface area contributed by atoms with Gasteiger partial charge in [0.1, 0.15) is 48.2 Å². The number of benzene rings is 6. The number of ether oxygens (including phenoxy) is 1. The van der Waals surface area contributed by atoms with Crippen LogP contribution in [-0.4, -0.2) is 227 Å². The van der Waals surface area contributed by atoms with E-state index in [-0.39, 0.29) is 29.9 Å². The van der Waals surface area contributed by atoms with E-state index in [0.717, 1.165) is 55.8 Å². The van der Waals surface area contributed by atoms with E-state index < -0.39 is 42.8 Å². The van der Waals surface area contributed by atoms with Gasteiger partial charge in [0.15, 0.2) is 0 Å². The number of hydrogen-bond acceptors (Lipinski definition) is 17. The normalized spacial score (nSPS) is 27.0. The van der Waals surface area contributed by atoms with Crippen molar-refractivity contribution in [2.45, 2.75) is 141 Å². The van der Waals surface area contributed by atoms with E-state index in [9.17, 15) is 30.6 Å². The van der Waals surface area contributed by atoms with E-state index in [1.54, 1.807) is 0 Å². The molecular weight excluding hydrogens is 1130 g/mol. The molecule has 0 spiro atoms. The predicted octanol–water partition coefficient (Wildman–Crippen LogP) is 6.71. The number of phenolic OH excluding ortho intramolecular Hbond substituents is 1. The maximum atomic E-state index is 14.1. The molecule has 10 atom stereocenters. The second-order valence-electron chi connectivity index (χ2n) is 26.7. The first-order valence-electron chi connectivity index (χ1n) is 33.2. The van der Waals surface area contributed by atoms with Gasteiger partial charge in [-0.25, -0.2) is 0 Å². The molecule has 12 rings (SSSR count). The molecule has 0 bridgehead atoms. The number of rotatable bonds is 20. The van der Waals surface area contributed by atoms with E-state index in [1.165, 1.54) is 0 Å². The second-order valence-corrected chi connectivity index (χ2v) is 26.7. The van der Waals surface area contributed by atoms with Gasteiger partial charge in [-0.15, -0.1) is 0 Å². The number of aliphatic hydroxyl groups is 5. The van der Waals surface area contributed by atoms with Gasteiger partial charge in [-0.3, -0.25) is 49.0 Å². The molecule has 10 unspecified atom stereocenters. The van der Waals surface area contributed by atoms with E-state index in [1.807, 2.05) is 91.0 Å². The zero-order chi connectivity index (χ0) is 62.6. The van der Waals surface area contributed by atoms with Crippen LogP contribution in [0.4, 0.5) is 0 Å². The number of aromatic hydroxyl groups is 1. The number of piperazine rings is 5. The minimum Gasteiger partial charge on any atom is -0.507 e. The van der Waals surface area contributed by atoms with Crippen LogP contribution in [0.5, 0.6) is 11.5 Å². The average molecular weight is 1230 g/mol. The monoisotopic (exact) mass is 1230 g/mol. The summed E-state index contributed by atoms with van der Waals surface area (Å²) in [6, 6.07) is 49.9. The number of β-amino-alcohol motifs (C(OH)–C–C–N with tert-alkyl or cyclic N) is 5. The quantitative estimate of drug-likeness (QED) is 0.0478. The lowest BCUT2D eigenvalue weighted by Crippen LogP contribution is -2.69. The Labute approximate surface area is 534 Å². The lowest BCUT2D eigenvalue weighted by Gasteiger charge is -2.52. The number of fused-ring (bicyclic) bond motifs is 1. The first-order valence-corrected chi connectivity index (χ1v) is 33.2. The van der Waals surface area contributed by atoms with Gasteiger partial charge >= 0.3 is 0 Å². The van der Waals surface area contributed by atoms with Crippen LogP contribution in [0.2, 0.25) is 0 Å². The number of aliphatic hydroxyl groups excluding tert-OH is 5. The Morgan fingerprint density at radius 2 is 0.611 bits per heavy atom. The molecule has 5 saturated heterocycles. The maximum absolute atomic E-state index is 14.1. The molecule has 0 radical (unpaired) electrons. The molecule has 6 aliphatic rings. The molecule has 6 aliphatic heterocycles. The van der Waals surface area contributed by atoms with Crippen molar-refractivity contribution in [3.63, 3.8) is 0 Å². The summed E-state index contributed by atoms with van der Waals surface area (Å²) in [6.45, 7) is 22.5. The van der Waals surface area contributed by atoms with Crippen LogP contribution < -0.4 is 4.74 Å². The van der Waals surface area contributed by atoms with Crippen LogP contribution >= 0.6 is 0 Å². The standard InChI is InChI=1S/C73H98N10O7/c1-52(74-31-36-79(63(84)47-74)42-57-21-11-6-12-22-57)68-62-41-73(55(4)77-34-39-82(66(87)50-77)45-60-27-17-9-18-28-60,56(5)78-35-40-83(67(88)51-78)46-61-29-19-10-20-30-61)90-72(62)70(54(3)76-33-38-81(65(86)49-76)44-59-25-15-8-16-26-59)69(71(68)89)53(2)75-32-37-80(64(85)48-75)43-58-23-13-7-14-24-58/h6-30,52-56,63-67,84-89H,31-51H2,1-5H3. The Kier molecular flexibility index (Phi) is 20.5. The van der Waals surface area contributed by atoms with Crippen molar-refractivity contribution in [3.8, 4) is 11.5 Å². The summed E-state index contributed by atoms with van der Waals surface area (Å²) < 4.78 is 8.29. The maximum Gasteiger partial charge on any atom is 0.143 e. The van der Waals surface area contributed by atoms with Crippen LogP contribution in [0, 0.1) is 0 Å². The molecule has 0 aromatic heterocycles. The van der Waals surface area contributed by atoms with E-state index >= 15 is 0 Å². The molecule has 17 heteroatoms. The fourth-order valence-electron chi connectivity index (χ4n) is 15.8. The first kappa shape index (κ1) is 64.4. The molecule has 482 valence electrons. The Bertz CT molecular complexity index is 3180. The Morgan fingerprint density at radius 3 is 0.900 bits per heavy atom. The van der Waals surface area contributed by atoms with Crippen molar-refractivity contribution in [2.75, 3.05) is 98.2 Å². The van der Waals surface area contributed by atoms with Crippen molar-refractivity contribution in [1.29, 1.82) is 0 Å². The summed E-state index contributed by atoms with van der Waals surface area (Å²) in [4.78, 5) is 22.6. The van der Waals surface area contributed by atoms with Crippen LogP contribution in [-0.2, 0) is 39.1 Å². The van der Waals surface area contributed by atoms with Crippen LogP contribution in [0.3, 0.4) is 0 Å². The second kappa shape index (κ2) is 28.7. The molecule has 17 nitrogen and oxygen atoms in total. The molecule has 6 heterocycles. The van der Waals surface area contributed by atoms with Gasteiger partial charge in [-0.2, -0.15) is 0 Å². The number of phenols is 1. The summed E-state index contributed by atoms with van der Waals surface area (Å²) in [5.41, 5.74) is 8.06. The fraction of sp³-hybridized carbons (Fsp3) is 0.507. The van der Waals surface area contributed by atoms with Crippen molar-refractivity contribution >= 4 is 0 Å². The van der Waals surface area contributed by atoms with E-state index in [2.05, 4.69) is 144 Å². The lowest BCUT2D eigenvalue weighted by molar-refractivity contribution is -0.132. The third-order valence-corrected chi connectivity index (χ3v) is 21.4. The number of nitrogens with zero attached hydrogens (tertiary/aromatic N) is 10. The lowest BCUT2D eigenvalue weighted by atomic mass is 9.78. The molecule has 6 aromatic rings. The molecule has 5 fully saturated rings. The van der Waals surface area contributed by atoms with Gasteiger partial charge in [0.05, 0.1) is 0 Å². The highest BCUT2D eigenvalue weighted by Crippen LogP contribution is 2.56. The fourth-order valence-corrected chi connectivity index (χ4v) is 15.8. The van der Waals surface area contributed by atoms with Crippen LogP contribution in [0.25, 0.3) is 0 Å². The van der Waals surface area contributed by atoms with Gasteiger partial charge < -0.3 is 35.4 Å². The molecule has 0 aliphatic carbocycles. The summed E-state index contributed by atoms with van der Waals surface area (Å²) in [5, 5.41) is 75.0. The molecule has 6 N–H and O–H groups in total. The van der Waals surface area contributed by atoms with Gasteiger partial charge in [-0.1, -0.05) is 152 Å². The third-order valence-electron chi connectivity index (χ3n) is 21.4. The van der Waals surface area contributed by atoms with E-state index in [0.29, 0.717) is 137 Å². The Balaban J connectivity index is 0.959. The predicted molar refractivity (Wildman–Crippen MR) is 351 cm³/mol. The van der Waals surface area contributed by atoms with Gasteiger partial charge in [0.25, 0.3) is 0 Å². The highest BCUT2D eigenvalue weighted by molar-refractivity contribution is 5.64. The topological polar surface area (TPSA) is 163 Å². The third kappa shape index (κ3) is 14.0. The molecular formula is C73H98N10O7. The zero-order valence-electron chi connectivity index (χ0n) is 53.6. The van der Waals surface area contributed by atoms with Gasteiger partial charge in [0, 0.05) is 190 Å². The highest BCUT2D eigenvalue weighted by Gasteiger charge is 2.57. The SMILES string of the molecule is CC(c1c(O)c(C(C)N2CCN(Cc3ccccc3)C(O)C2)c(C(C)N2CCN(Cc3ccccc3)C(O)C2)c2c1CC(C(C)N1CCN(Cc3ccccc3)C(O)C1)(C(C)N1CCN(Cc3ccccc3)C(O)C1)O2)N1CCN(Cc2ccccc2)C(O)C1. The highest BCUT2D eigenvalue weighted by atomic mass is 16.5. The number of hydrogen-bond donors (Lipinski definition) is 6. The molecule has 6 aromatic carbocycles. The van der Waals surface area contributed by atoms with Crippen molar-refractivity contribution in [3.05, 3.63) is 202 Å². The minimum absolute atomic E-state index is 0.205.